The van der Waals surface area contributed by atoms with Gasteiger partial charge in [0.05, 0.1) is 24.5 Å². The highest BCUT2D eigenvalue weighted by Crippen LogP contribution is 2.65. The van der Waals surface area contributed by atoms with Crippen LogP contribution >= 0.6 is 0 Å². The Morgan fingerprint density at radius 2 is 1.98 bits per heavy atom. The molecule has 4 aliphatic rings. The Bertz CT molecular complexity index is 1330. The minimum Gasteiger partial charge on any atom is -0.493 e. The molecular formula is C26H26F3NO10. The highest BCUT2D eigenvalue weighted by molar-refractivity contribution is 5.93. The van der Waals surface area contributed by atoms with Crippen molar-refractivity contribution in [2.75, 3.05) is 20.7 Å². The van der Waals surface area contributed by atoms with E-state index in [1.54, 1.807) is 6.07 Å². The number of hydrogen-bond acceptors (Lipinski definition) is 11. The molecule has 11 nitrogen and oxygen atoms in total. The second-order valence-electron chi connectivity index (χ2n) is 10.3. The average molecular weight is 569 g/mol. The number of carbonyl (C=O) groups is 4. The van der Waals surface area contributed by atoms with Gasteiger partial charge in [0, 0.05) is 24.9 Å². The van der Waals surface area contributed by atoms with E-state index in [-0.39, 0.29) is 18.2 Å². The highest BCUT2D eigenvalue weighted by atomic mass is 19.4. The minimum absolute atomic E-state index is 0.0189. The molecule has 5 atom stereocenters. The summed E-state index contributed by atoms with van der Waals surface area (Å²) >= 11 is 0. The van der Waals surface area contributed by atoms with E-state index in [2.05, 4.69) is 14.4 Å². The van der Waals surface area contributed by atoms with Gasteiger partial charge >= 0.3 is 30.1 Å². The third kappa shape index (κ3) is 4.12. The van der Waals surface area contributed by atoms with Gasteiger partial charge in [0.2, 0.25) is 6.10 Å². The van der Waals surface area contributed by atoms with Crippen LogP contribution < -0.4 is 9.47 Å². The van der Waals surface area contributed by atoms with E-state index in [4.69, 9.17) is 14.2 Å². The maximum atomic E-state index is 12.9. The lowest BCUT2D eigenvalue weighted by molar-refractivity contribution is -0.206. The Hall–Kier alpha value is -3.65. The quantitative estimate of drug-likeness (QED) is 0.303. The van der Waals surface area contributed by atoms with Crippen LogP contribution in [0.1, 0.15) is 37.3 Å². The van der Waals surface area contributed by atoms with Crippen LogP contribution in [0.5, 0.6) is 11.5 Å². The molecule has 2 bridgehead atoms. The van der Waals surface area contributed by atoms with Crippen molar-refractivity contribution in [2.45, 2.75) is 68.0 Å². The number of aliphatic hydroxyl groups is 1. The van der Waals surface area contributed by atoms with Crippen LogP contribution in [0.2, 0.25) is 0 Å². The normalized spacial score (nSPS) is 28.8. The van der Waals surface area contributed by atoms with Crippen molar-refractivity contribution in [2.24, 2.45) is 0 Å². The molecule has 0 radical (unpaired) electrons. The van der Waals surface area contributed by atoms with E-state index >= 15 is 0 Å². The van der Waals surface area contributed by atoms with E-state index in [0.29, 0.717) is 30.9 Å². The summed E-state index contributed by atoms with van der Waals surface area (Å²) in [5.74, 6) is -6.11. The zero-order chi connectivity index (χ0) is 29.2. The maximum Gasteiger partial charge on any atom is 0.491 e. The average Bonchev–Trinajstić information content (AvgIpc) is 3.22. The molecule has 1 N–H and O–H groups in total. The second-order valence-corrected chi connectivity index (χ2v) is 10.3. The summed E-state index contributed by atoms with van der Waals surface area (Å²) in [4.78, 5) is 49.7. The van der Waals surface area contributed by atoms with E-state index in [1.807, 2.05) is 13.1 Å². The van der Waals surface area contributed by atoms with Gasteiger partial charge in [-0.25, -0.2) is 9.59 Å². The molecule has 14 heteroatoms. The Morgan fingerprint density at radius 1 is 1.25 bits per heavy atom. The first kappa shape index (κ1) is 27.9. The Labute approximate surface area is 225 Å². The largest absolute Gasteiger partial charge is 0.493 e. The molecular weight excluding hydrogens is 543 g/mol. The summed E-state index contributed by atoms with van der Waals surface area (Å²) in [5.41, 5.74) is -0.552. The van der Waals surface area contributed by atoms with Gasteiger partial charge in [-0.2, -0.15) is 13.2 Å². The fourth-order valence-corrected chi connectivity index (χ4v) is 6.50. The molecule has 2 aliphatic carbocycles. The number of carbonyl (C=O) groups excluding carboxylic acids is 4. The number of hydrogen-bond donors (Lipinski definition) is 1. The van der Waals surface area contributed by atoms with Crippen molar-refractivity contribution in [3.8, 4) is 11.5 Å². The van der Waals surface area contributed by atoms with Crippen LogP contribution in [0, 0.1) is 0 Å². The first-order chi connectivity index (χ1) is 18.7. The van der Waals surface area contributed by atoms with Crippen molar-refractivity contribution < 1.29 is 61.1 Å². The summed E-state index contributed by atoms with van der Waals surface area (Å²) in [6.07, 6.45) is -7.07. The summed E-state index contributed by atoms with van der Waals surface area (Å²) in [7, 11) is 3.40. The summed E-state index contributed by atoms with van der Waals surface area (Å²) in [6.45, 7) is 1.47. The van der Waals surface area contributed by atoms with E-state index in [9.17, 15) is 37.5 Å². The Morgan fingerprint density at radius 3 is 2.62 bits per heavy atom. The van der Waals surface area contributed by atoms with Gasteiger partial charge in [0.15, 0.2) is 17.6 Å². The van der Waals surface area contributed by atoms with E-state index in [0.717, 1.165) is 18.1 Å². The molecule has 40 heavy (non-hydrogen) atoms. The number of esters is 4. The SMILES string of the molecule is COc1ccc2c3c1O[C@H]1C(OC(=O)C[C@H](OC(C)=O)C(=O)OC(=O)C(F)(F)F)=CC[C@@]4(O)[C@@H](C2)N(C)CC[C@]314. The third-order valence-electron chi connectivity index (χ3n) is 8.14. The fourth-order valence-electron chi connectivity index (χ4n) is 6.50. The van der Waals surface area contributed by atoms with Gasteiger partial charge in [0.25, 0.3) is 0 Å². The van der Waals surface area contributed by atoms with Crippen LogP contribution in [-0.4, -0.2) is 84.6 Å². The number of halogens is 3. The Kier molecular flexibility index (Phi) is 6.61. The van der Waals surface area contributed by atoms with Crippen LogP contribution in [-0.2, 0) is 45.2 Å². The molecule has 1 aromatic carbocycles. The molecule has 1 aromatic rings. The number of alkyl halides is 3. The second kappa shape index (κ2) is 9.47. The number of nitrogens with zero attached hydrogens (tertiary/aromatic N) is 1. The fraction of sp³-hybridized carbons (Fsp3) is 0.538. The van der Waals surface area contributed by atoms with Crippen molar-refractivity contribution >= 4 is 23.9 Å². The number of ether oxygens (including phenoxy) is 5. The van der Waals surface area contributed by atoms with Gasteiger partial charge in [0.1, 0.15) is 5.76 Å². The van der Waals surface area contributed by atoms with Gasteiger partial charge in [-0.3, -0.25) is 9.59 Å². The van der Waals surface area contributed by atoms with Crippen molar-refractivity contribution in [3.63, 3.8) is 0 Å². The zero-order valence-electron chi connectivity index (χ0n) is 21.7. The highest BCUT2D eigenvalue weighted by Gasteiger charge is 2.72. The summed E-state index contributed by atoms with van der Waals surface area (Å²) in [6, 6.07) is 3.41. The molecule has 2 aliphatic heterocycles. The van der Waals surface area contributed by atoms with Crippen molar-refractivity contribution in [1.29, 1.82) is 0 Å². The molecule has 1 spiro atoms. The van der Waals surface area contributed by atoms with Crippen molar-refractivity contribution in [3.05, 3.63) is 35.1 Å². The first-order valence-electron chi connectivity index (χ1n) is 12.4. The van der Waals surface area contributed by atoms with Crippen LogP contribution in [0.4, 0.5) is 13.2 Å². The smallest absolute Gasteiger partial charge is 0.491 e. The van der Waals surface area contributed by atoms with Gasteiger partial charge in [-0.15, -0.1) is 0 Å². The topological polar surface area (TPSA) is 138 Å². The number of likely N-dealkylation sites (tertiary alicyclic amines) is 1. The summed E-state index contributed by atoms with van der Waals surface area (Å²) < 4.78 is 63.4. The van der Waals surface area contributed by atoms with Crippen molar-refractivity contribution in [1.82, 2.24) is 4.90 Å². The molecule has 216 valence electrons. The molecule has 2 heterocycles. The monoisotopic (exact) mass is 569 g/mol. The molecule has 1 saturated heterocycles. The third-order valence-corrected chi connectivity index (χ3v) is 8.14. The molecule has 1 fully saturated rings. The minimum atomic E-state index is -5.49. The number of likely N-dealkylation sites (N-methyl/N-ethyl adjacent to an activating group) is 1. The predicted molar refractivity (Wildman–Crippen MR) is 125 cm³/mol. The van der Waals surface area contributed by atoms with E-state index in [1.165, 1.54) is 13.2 Å². The van der Waals surface area contributed by atoms with Crippen LogP contribution in [0.15, 0.2) is 24.0 Å². The molecule has 0 saturated carbocycles. The summed E-state index contributed by atoms with van der Waals surface area (Å²) in [5, 5.41) is 12.2. The van der Waals surface area contributed by atoms with Crippen LogP contribution in [0.25, 0.3) is 0 Å². The molecule has 0 unspecified atom stereocenters. The number of piperidine rings is 1. The Balaban J connectivity index is 1.43. The first-order valence-corrected chi connectivity index (χ1v) is 12.4. The number of rotatable bonds is 6. The lowest BCUT2D eigenvalue weighted by Gasteiger charge is -2.61. The standard InChI is InChI=1S/C26H26F3NO10/c1-12(31)37-16(22(33)40-23(34)26(27,28)29)11-18(32)38-15-6-7-25(35)17-10-13-4-5-14(36-3)20-19(13)24(25,21(15)39-20)8-9-30(17)2/h4-6,16-17,21,35H,7-11H2,1-3H3/t16-,17+,21-,24-,25+/m0/s1. The number of benzene rings is 1. The van der Waals surface area contributed by atoms with Gasteiger partial charge in [-0.05, 0) is 44.1 Å². The van der Waals surface area contributed by atoms with Crippen LogP contribution in [0.3, 0.4) is 0 Å². The molecule has 0 aromatic heterocycles. The van der Waals surface area contributed by atoms with Gasteiger partial charge < -0.3 is 33.7 Å². The lowest BCUT2D eigenvalue weighted by atomic mass is 9.50. The molecule has 5 rings (SSSR count). The zero-order valence-corrected chi connectivity index (χ0v) is 21.7. The van der Waals surface area contributed by atoms with Gasteiger partial charge in [-0.1, -0.05) is 6.07 Å². The molecule has 0 amide bonds. The number of methoxy groups -OCH3 is 1. The van der Waals surface area contributed by atoms with E-state index < -0.39 is 59.7 Å². The lowest BCUT2D eigenvalue weighted by Crippen LogP contribution is -2.74. The maximum absolute atomic E-state index is 12.9. The predicted octanol–water partition coefficient (Wildman–Crippen LogP) is 1.47.